The summed E-state index contributed by atoms with van der Waals surface area (Å²) < 4.78 is 0. The van der Waals surface area contributed by atoms with E-state index in [1.165, 1.54) is 24.1 Å². The van der Waals surface area contributed by atoms with Crippen molar-refractivity contribution in [3.8, 4) is 0 Å². The highest BCUT2D eigenvalue weighted by Gasteiger charge is 2.25. The highest BCUT2D eigenvalue weighted by Crippen LogP contribution is 2.39. The van der Waals surface area contributed by atoms with Crippen LogP contribution in [0.4, 0.5) is 17.6 Å². The first-order chi connectivity index (χ1) is 14.8. The fourth-order valence-electron chi connectivity index (χ4n) is 3.77. The molecule has 0 unspecified atom stereocenters. The van der Waals surface area contributed by atoms with Crippen molar-refractivity contribution in [2.24, 2.45) is 0 Å². The summed E-state index contributed by atoms with van der Waals surface area (Å²) in [6.45, 7) is 4.53. The third-order valence-corrected chi connectivity index (χ3v) is 5.69. The molecule has 1 saturated carbocycles. The largest absolute Gasteiger partial charge is 0.338 e. The summed E-state index contributed by atoms with van der Waals surface area (Å²) in [5, 5.41) is 10.7. The fraction of sp³-hybridized carbons (Fsp3) is 0.364. The van der Waals surface area contributed by atoms with E-state index < -0.39 is 0 Å². The van der Waals surface area contributed by atoms with Crippen molar-refractivity contribution in [2.45, 2.75) is 25.3 Å². The molecule has 3 heterocycles. The SMILES string of the molecule is O=Cc1ccc(CN2CCN(c3nccc(Nc4cc(C5CC5)[nH]n4)n3)CC2)cc1. The predicted molar refractivity (Wildman–Crippen MR) is 115 cm³/mol. The van der Waals surface area contributed by atoms with Crippen molar-refractivity contribution in [3.63, 3.8) is 0 Å². The van der Waals surface area contributed by atoms with Gasteiger partial charge in [-0.25, -0.2) is 4.98 Å². The molecule has 0 atom stereocenters. The Morgan fingerprint density at radius 2 is 1.87 bits per heavy atom. The van der Waals surface area contributed by atoms with Crippen LogP contribution in [0.2, 0.25) is 0 Å². The second-order valence-corrected chi connectivity index (χ2v) is 7.97. The summed E-state index contributed by atoms with van der Waals surface area (Å²) >= 11 is 0. The first-order valence-corrected chi connectivity index (χ1v) is 10.4. The van der Waals surface area contributed by atoms with Gasteiger partial charge >= 0.3 is 0 Å². The monoisotopic (exact) mass is 403 g/mol. The Morgan fingerprint density at radius 1 is 1.07 bits per heavy atom. The van der Waals surface area contributed by atoms with Crippen LogP contribution in [0.1, 0.15) is 40.4 Å². The van der Waals surface area contributed by atoms with E-state index in [9.17, 15) is 4.79 Å². The van der Waals surface area contributed by atoms with Gasteiger partial charge in [0.1, 0.15) is 12.1 Å². The van der Waals surface area contributed by atoms with Crippen molar-refractivity contribution in [1.29, 1.82) is 0 Å². The second-order valence-electron chi connectivity index (χ2n) is 7.97. The van der Waals surface area contributed by atoms with Crippen LogP contribution < -0.4 is 10.2 Å². The molecule has 0 amide bonds. The average Bonchev–Trinajstić information content (AvgIpc) is 3.54. The predicted octanol–water partition coefficient (Wildman–Crippen LogP) is 2.96. The second kappa shape index (κ2) is 8.23. The number of H-pyrrole nitrogens is 1. The maximum Gasteiger partial charge on any atom is 0.227 e. The number of rotatable bonds is 7. The van der Waals surface area contributed by atoms with Crippen LogP contribution in [-0.4, -0.2) is 57.5 Å². The first-order valence-electron chi connectivity index (χ1n) is 10.4. The molecular formula is C22H25N7O. The summed E-state index contributed by atoms with van der Waals surface area (Å²) in [6.07, 6.45) is 5.16. The van der Waals surface area contributed by atoms with Crippen LogP contribution in [0.15, 0.2) is 42.6 Å². The Hall–Kier alpha value is -3.26. The Balaban J connectivity index is 1.17. The van der Waals surface area contributed by atoms with E-state index in [0.29, 0.717) is 11.5 Å². The number of hydrogen-bond acceptors (Lipinski definition) is 7. The molecule has 1 saturated heterocycles. The molecule has 2 N–H and O–H groups in total. The maximum absolute atomic E-state index is 10.8. The van der Waals surface area contributed by atoms with Crippen molar-refractivity contribution in [3.05, 3.63) is 59.4 Å². The van der Waals surface area contributed by atoms with Gasteiger partial charge in [0.05, 0.1) is 0 Å². The zero-order valence-electron chi connectivity index (χ0n) is 16.8. The number of aldehydes is 1. The summed E-state index contributed by atoms with van der Waals surface area (Å²) in [7, 11) is 0. The number of hydrogen-bond donors (Lipinski definition) is 2. The van der Waals surface area contributed by atoms with Gasteiger partial charge in [0, 0.05) is 62.2 Å². The Labute approximate surface area is 175 Å². The molecule has 1 aliphatic heterocycles. The number of piperazine rings is 1. The minimum Gasteiger partial charge on any atom is -0.338 e. The quantitative estimate of drug-likeness (QED) is 0.586. The van der Waals surface area contributed by atoms with E-state index >= 15 is 0 Å². The Morgan fingerprint density at radius 3 is 2.60 bits per heavy atom. The lowest BCUT2D eigenvalue weighted by molar-refractivity contribution is 0.112. The van der Waals surface area contributed by atoms with Crippen molar-refractivity contribution >= 4 is 23.9 Å². The fourth-order valence-corrected chi connectivity index (χ4v) is 3.77. The maximum atomic E-state index is 10.8. The van der Waals surface area contributed by atoms with Crippen molar-refractivity contribution in [2.75, 3.05) is 36.4 Å². The molecule has 1 aromatic carbocycles. The Kier molecular flexibility index (Phi) is 5.15. The number of carbonyl (C=O) groups is 1. The lowest BCUT2D eigenvalue weighted by Gasteiger charge is -2.34. The first kappa shape index (κ1) is 18.7. The molecule has 2 aliphatic rings. The molecule has 1 aliphatic carbocycles. The third-order valence-electron chi connectivity index (χ3n) is 5.69. The highest BCUT2D eigenvalue weighted by molar-refractivity contribution is 5.74. The van der Waals surface area contributed by atoms with E-state index in [2.05, 4.69) is 41.3 Å². The number of aromatic nitrogens is 4. The number of aromatic amines is 1. The van der Waals surface area contributed by atoms with Crippen LogP contribution in [0.3, 0.4) is 0 Å². The normalized spacial score (nSPS) is 17.1. The molecule has 0 bridgehead atoms. The van der Waals surface area contributed by atoms with Crippen LogP contribution in [0.5, 0.6) is 0 Å². The van der Waals surface area contributed by atoms with Gasteiger partial charge in [-0.05, 0) is 24.5 Å². The van der Waals surface area contributed by atoms with Gasteiger partial charge in [-0.3, -0.25) is 14.8 Å². The summed E-state index contributed by atoms with van der Waals surface area (Å²) in [5.74, 6) is 2.94. The molecule has 8 heteroatoms. The number of carbonyl (C=O) groups excluding carboxylic acids is 1. The third kappa shape index (κ3) is 4.33. The molecule has 2 aromatic heterocycles. The summed E-state index contributed by atoms with van der Waals surface area (Å²) in [4.78, 5) is 24.6. The van der Waals surface area contributed by atoms with E-state index in [0.717, 1.165) is 56.6 Å². The van der Waals surface area contributed by atoms with Crippen molar-refractivity contribution < 1.29 is 4.79 Å². The lowest BCUT2D eigenvalue weighted by Crippen LogP contribution is -2.46. The minimum absolute atomic E-state index is 0.647. The van der Waals surface area contributed by atoms with Crippen LogP contribution >= 0.6 is 0 Å². The molecule has 0 radical (unpaired) electrons. The summed E-state index contributed by atoms with van der Waals surface area (Å²) in [5.41, 5.74) is 3.14. The molecule has 30 heavy (non-hydrogen) atoms. The zero-order valence-corrected chi connectivity index (χ0v) is 16.8. The lowest BCUT2D eigenvalue weighted by atomic mass is 10.1. The number of anilines is 3. The molecule has 5 rings (SSSR count). The van der Waals surface area contributed by atoms with Gasteiger partial charge < -0.3 is 10.2 Å². The molecule has 2 fully saturated rings. The van der Waals surface area contributed by atoms with Crippen LogP contribution in [0.25, 0.3) is 0 Å². The highest BCUT2D eigenvalue weighted by atomic mass is 16.1. The van der Waals surface area contributed by atoms with Crippen LogP contribution in [0, 0.1) is 0 Å². The number of nitrogens with zero attached hydrogens (tertiary/aromatic N) is 5. The van der Waals surface area contributed by atoms with Gasteiger partial charge in [0.25, 0.3) is 0 Å². The van der Waals surface area contributed by atoms with E-state index in [1.54, 1.807) is 6.20 Å². The average molecular weight is 403 g/mol. The van der Waals surface area contributed by atoms with Gasteiger partial charge in [-0.15, -0.1) is 0 Å². The molecule has 0 spiro atoms. The smallest absolute Gasteiger partial charge is 0.227 e. The minimum atomic E-state index is 0.647. The standard InChI is InChI=1S/C22H25N7O/c30-15-17-3-1-16(2-4-17)14-28-9-11-29(12-10-28)22-23-8-7-20(25-22)24-21-13-19(26-27-21)18-5-6-18/h1-4,7-8,13,15,18H,5-6,9-12,14H2,(H2,23,24,25,26,27). The molecule has 154 valence electrons. The van der Waals surface area contributed by atoms with E-state index in [4.69, 9.17) is 0 Å². The number of nitrogens with one attached hydrogen (secondary N) is 2. The summed E-state index contributed by atoms with van der Waals surface area (Å²) in [6, 6.07) is 11.7. The topological polar surface area (TPSA) is 90.0 Å². The van der Waals surface area contributed by atoms with E-state index in [1.807, 2.05) is 30.3 Å². The van der Waals surface area contributed by atoms with E-state index in [-0.39, 0.29) is 0 Å². The number of benzene rings is 1. The van der Waals surface area contributed by atoms with Crippen molar-refractivity contribution in [1.82, 2.24) is 25.1 Å². The zero-order chi connectivity index (χ0) is 20.3. The van der Waals surface area contributed by atoms with Crippen LogP contribution in [-0.2, 0) is 6.54 Å². The molecular weight excluding hydrogens is 378 g/mol. The molecule has 8 nitrogen and oxygen atoms in total. The van der Waals surface area contributed by atoms with Gasteiger partial charge in [-0.1, -0.05) is 24.3 Å². The Bertz CT molecular complexity index is 1000. The van der Waals surface area contributed by atoms with Gasteiger partial charge in [0.2, 0.25) is 5.95 Å². The van der Waals surface area contributed by atoms with Gasteiger partial charge in [-0.2, -0.15) is 10.1 Å². The van der Waals surface area contributed by atoms with Gasteiger partial charge in [0.15, 0.2) is 5.82 Å². The molecule has 3 aromatic rings.